The predicted octanol–water partition coefficient (Wildman–Crippen LogP) is 3.48. The summed E-state index contributed by atoms with van der Waals surface area (Å²) in [5, 5.41) is 3.39. The van der Waals surface area contributed by atoms with E-state index in [1.165, 1.54) is 24.0 Å². The van der Waals surface area contributed by atoms with Crippen LogP contribution in [0.4, 0.5) is 0 Å². The van der Waals surface area contributed by atoms with E-state index in [-0.39, 0.29) is 5.60 Å². The molecule has 1 atom stereocenters. The van der Waals surface area contributed by atoms with Crippen molar-refractivity contribution in [2.24, 2.45) is 0 Å². The van der Waals surface area contributed by atoms with Gasteiger partial charge in [0.25, 0.3) is 0 Å². The second kappa shape index (κ2) is 6.59. The number of hydrogen-bond acceptors (Lipinski definition) is 3. The van der Waals surface area contributed by atoms with Crippen LogP contribution >= 0.6 is 0 Å². The maximum absolute atomic E-state index is 5.88. The van der Waals surface area contributed by atoms with Crippen molar-refractivity contribution in [1.29, 1.82) is 0 Å². The molecule has 3 heteroatoms. The van der Waals surface area contributed by atoms with Crippen LogP contribution in [0.3, 0.4) is 0 Å². The molecule has 0 aliphatic heterocycles. The molecular weight excluding hydrogens is 250 g/mol. The van der Waals surface area contributed by atoms with E-state index < -0.39 is 0 Å². The third-order valence-electron chi connectivity index (χ3n) is 4.30. The van der Waals surface area contributed by atoms with Gasteiger partial charge in [0.2, 0.25) is 0 Å². The zero-order valence-electron chi connectivity index (χ0n) is 13.2. The molecule has 2 rings (SSSR count). The van der Waals surface area contributed by atoms with Crippen LogP contribution in [0.1, 0.15) is 50.3 Å². The molecule has 1 aliphatic carbocycles. The predicted molar refractivity (Wildman–Crippen MR) is 82.4 cm³/mol. The summed E-state index contributed by atoms with van der Waals surface area (Å²) in [6, 6.07) is 7.01. The van der Waals surface area contributed by atoms with E-state index in [1.54, 1.807) is 7.11 Å². The van der Waals surface area contributed by atoms with Gasteiger partial charge in [0, 0.05) is 19.6 Å². The van der Waals surface area contributed by atoms with Crippen LogP contribution in [0.5, 0.6) is 5.75 Å². The molecule has 0 heterocycles. The van der Waals surface area contributed by atoms with Crippen LogP contribution < -0.4 is 10.1 Å². The molecule has 0 saturated heterocycles. The number of fused-ring (bicyclic) bond motifs is 1. The minimum atomic E-state index is -0.120. The lowest BCUT2D eigenvalue weighted by Crippen LogP contribution is -2.25. The van der Waals surface area contributed by atoms with Gasteiger partial charge in [0.15, 0.2) is 0 Å². The Morgan fingerprint density at radius 3 is 2.85 bits per heavy atom. The number of methoxy groups -OCH3 is 1. The van der Waals surface area contributed by atoms with Crippen LogP contribution in [0.2, 0.25) is 0 Å². The maximum Gasteiger partial charge on any atom is 0.119 e. The summed E-state index contributed by atoms with van der Waals surface area (Å²) in [4.78, 5) is 0. The third kappa shape index (κ3) is 3.74. The quantitative estimate of drug-likeness (QED) is 0.863. The van der Waals surface area contributed by atoms with E-state index >= 15 is 0 Å². The Morgan fingerprint density at radius 1 is 1.35 bits per heavy atom. The first-order chi connectivity index (χ1) is 9.55. The van der Waals surface area contributed by atoms with Gasteiger partial charge in [-0.05, 0) is 63.4 Å². The first kappa shape index (κ1) is 15.3. The summed E-state index contributed by atoms with van der Waals surface area (Å²) < 4.78 is 11.3. The van der Waals surface area contributed by atoms with Gasteiger partial charge in [0.1, 0.15) is 5.75 Å². The fourth-order valence-corrected chi connectivity index (χ4v) is 2.70. The highest BCUT2D eigenvalue weighted by Crippen LogP contribution is 2.32. The smallest absolute Gasteiger partial charge is 0.119 e. The molecule has 0 amide bonds. The zero-order valence-corrected chi connectivity index (χ0v) is 13.2. The molecule has 20 heavy (non-hydrogen) atoms. The van der Waals surface area contributed by atoms with Crippen molar-refractivity contribution in [3.8, 4) is 5.75 Å². The molecule has 1 unspecified atom stereocenters. The normalized spacial score (nSPS) is 18.7. The standard InChI is InChI=1S/C17H27NO2/c1-17(2,19-4)10-11-20-14-8-9-15-13(12-14)6-5-7-16(15)18-3/h8-9,12,16,18H,5-7,10-11H2,1-4H3. The minimum absolute atomic E-state index is 0.120. The van der Waals surface area contributed by atoms with Gasteiger partial charge in [0.05, 0.1) is 12.2 Å². The fourth-order valence-electron chi connectivity index (χ4n) is 2.70. The Balaban J connectivity index is 1.97. The summed E-state index contributed by atoms with van der Waals surface area (Å²) in [6.45, 7) is 4.86. The van der Waals surface area contributed by atoms with Gasteiger partial charge in [-0.15, -0.1) is 0 Å². The second-order valence-electron chi connectivity index (χ2n) is 6.16. The molecule has 0 spiro atoms. The van der Waals surface area contributed by atoms with Crippen LogP contribution in [0, 0.1) is 0 Å². The molecule has 0 bridgehead atoms. The molecule has 0 radical (unpaired) electrons. The Hall–Kier alpha value is -1.06. The number of nitrogens with one attached hydrogen (secondary N) is 1. The molecular formula is C17H27NO2. The third-order valence-corrected chi connectivity index (χ3v) is 4.30. The van der Waals surface area contributed by atoms with Gasteiger partial charge in [-0.2, -0.15) is 0 Å². The van der Waals surface area contributed by atoms with E-state index in [1.807, 2.05) is 7.05 Å². The number of benzene rings is 1. The maximum atomic E-state index is 5.88. The summed E-state index contributed by atoms with van der Waals surface area (Å²) in [5.74, 6) is 0.979. The lowest BCUT2D eigenvalue weighted by Gasteiger charge is -2.26. The van der Waals surface area contributed by atoms with Crippen molar-refractivity contribution < 1.29 is 9.47 Å². The van der Waals surface area contributed by atoms with E-state index in [4.69, 9.17) is 9.47 Å². The molecule has 1 N–H and O–H groups in total. The monoisotopic (exact) mass is 277 g/mol. The zero-order chi connectivity index (χ0) is 14.6. The van der Waals surface area contributed by atoms with Crippen LogP contribution in [-0.4, -0.2) is 26.4 Å². The van der Waals surface area contributed by atoms with E-state index in [2.05, 4.69) is 37.4 Å². The summed E-state index contributed by atoms with van der Waals surface area (Å²) in [6.07, 6.45) is 4.53. The molecule has 112 valence electrons. The Kier molecular flexibility index (Phi) is 5.06. The SMILES string of the molecule is CNC1CCCc2cc(OCCC(C)(C)OC)ccc21. The second-order valence-corrected chi connectivity index (χ2v) is 6.16. The molecule has 1 aromatic rings. The van der Waals surface area contributed by atoms with Gasteiger partial charge in [-0.1, -0.05) is 6.07 Å². The van der Waals surface area contributed by atoms with E-state index in [0.717, 1.165) is 18.6 Å². The van der Waals surface area contributed by atoms with Crippen molar-refractivity contribution in [2.45, 2.75) is 51.2 Å². The highest BCUT2D eigenvalue weighted by Gasteiger charge is 2.19. The first-order valence-electron chi connectivity index (χ1n) is 7.54. The Bertz CT molecular complexity index is 443. The largest absolute Gasteiger partial charge is 0.493 e. The fraction of sp³-hybridized carbons (Fsp3) is 0.647. The Morgan fingerprint density at radius 2 is 2.15 bits per heavy atom. The van der Waals surface area contributed by atoms with Crippen molar-refractivity contribution in [2.75, 3.05) is 20.8 Å². The van der Waals surface area contributed by atoms with Crippen molar-refractivity contribution >= 4 is 0 Å². The van der Waals surface area contributed by atoms with Gasteiger partial charge < -0.3 is 14.8 Å². The van der Waals surface area contributed by atoms with Crippen LogP contribution in [0.25, 0.3) is 0 Å². The average molecular weight is 277 g/mol. The van der Waals surface area contributed by atoms with Crippen molar-refractivity contribution in [3.05, 3.63) is 29.3 Å². The first-order valence-corrected chi connectivity index (χ1v) is 7.54. The summed E-state index contributed by atoms with van der Waals surface area (Å²) >= 11 is 0. The topological polar surface area (TPSA) is 30.5 Å². The Labute approximate surface area is 122 Å². The molecule has 1 aromatic carbocycles. The lowest BCUT2D eigenvalue weighted by molar-refractivity contribution is 0.00545. The average Bonchev–Trinajstić information content (AvgIpc) is 2.46. The molecule has 0 fully saturated rings. The number of hydrogen-bond donors (Lipinski definition) is 1. The van der Waals surface area contributed by atoms with Crippen molar-refractivity contribution in [3.63, 3.8) is 0 Å². The van der Waals surface area contributed by atoms with E-state index in [0.29, 0.717) is 12.6 Å². The highest BCUT2D eigenvalue weighted by molar-refractivity contribution is 5.39. The van der Waals surface area contributed by atoms with Crippen LogP contribution in [0.15, 0.2) is 18.2 Å². The number of rotatable bonds is 6. The highest BCUT2D eigenvalue weighted by atomic mass is 16.5. The van der Waals surface area contributed by atoms with Gasteiger partial charge in [-0.25, -0.2) is 0 Å². The van der Waals surface area contributed by atoms with Crippen LogP contribution in [-0.2, 0) is 11.2 Å². The molecule has 3 nitrogen and oxygen atoms in total. The van der Waals surface area contributed by atoms with Gasteiger partial charge in [-0.3, -0.25) is 0 Å². The summed E-state index contributed by atoms with van der Waals surface area (Å²) in [7, 11) is 3.79. The van der Waals surface area contributed by atoms with Gasteiger partial charge >= 0.3 is 0 Å². The molecule has 0 aromatic heterocycles. The van der Waals surface area contributed by atoms with E-state index in [9.17, 15) is 0 Å². The summed E-state index contributed by atoms with van der Waals surface area (Å²) in [5.41, 5.74) is 2.74. The molecule has 0 saturated carbocycles. The number of aryl methyl sites for hydroxylation is 1. The lowest BCUT2D eigenvalue weighted by atomic mass is 9.87. The minimum Gasteiger partial charge on any atom is -0.493 e. The van der Waals surface area contributed by atoms with Crippen molar-refractivity contribution in [1.82, 2.24) is 5.32 Å². The molecule has 1 aliphatic rings. The number of ether oxygens (including phenoxy) is 2.